The first kappa shape index (κ1) is 9.24. The van der Waals surface area contributed by atoms with Gasteiger partial charge in [0.15, 0.2) is 0 Å². The number of nitrogens with zero attached hydrogens (tertiary/aromatic N) is 1. The van der Waals surface area contributed by atoms with E-state index in [-0.39, 0.29) is 0 Å². The van der Waals surface area contributed by atoms with Gasteiger partial charge in [-0.3, -0.25) is 4.98 Å². The molecule has 0 radical (unpaired) electrons. The summed E-state index contributed by atoms with van der Waals surface area (Å²) in [6.45, 7) is 6.60. The van der Waals surface area contributed by atoms with Crippen molar-refractivity contribution in [3.05, 3.63) is 29.6 Å². The SMILES string of the molecule is CCC(C)Cc1cncc(C)c1. The lowest BCUT2D eigenvalue weighted by atomic mass is 10.00. The van der Waals surface area contributed by atoms with Crippen LogP contribution in [0.2, 0.25) is 0 Å². The standard InChI is InChI=1S/C11H17N/c1-4-9(2)5-11-6-10(3)7-12-8-11/h6-9H,4-5H2,1-3H3. The van der Waals surface area contributed by atoms with Gasteiger partial charge in [0.05, 0.1) is 0 Å². The molecule has 0 aromatic carbocycles. The molecule has 0 aliphatic carbocycles. The van der Waals surface area contributed by atoms with Crippen molar-refractivity contribution in [2.45, 2.75) is 33.6 Å². The van der Waals surface area contributed by atoms with E-state index in [9.17, 15) is 0 Å². The first-order chi connectivity index (χ1) is 5.72. The summed E-state index contributed by atoms with van der Waals surface area (Å²) in [6, 6.07) is 2.22. The van der Waals surface area contributed by atoms with Gasteiger partial charge >= 0.3 is 0 Å². The third-order valence-electron chi connectivity index (χ3n) is 2.21. The minimum atomic E-state index is 0.772. The zero-order chi connectivity index (χ0) is 8.97. The van der Waals surface area contributed by atoms with Crippen LogP contribution in [0.25, 0.3) is 0 Å². The third-order valence-corrected chi connectivity index (χ3v) is 2.21. The van der Waals surface area contributed by atoms with Gasteiger partial charge in [0, 0.05) is 12.4 Å². The number of aryl methyl sites for hydroxylation is 1. The van der Waals surface area contributed by atoms with Gasteiger partial charge in [0.2, 0.25) is 0 Å². The van der Waals surface area contributed by atoms with Crippen LogP contribution in [0, 0.1) is 12.8 Å². The number of pyridine rings is 1. The third kappa shape index (κ3) is 2.65. The fourth-order valence-electron chi connectivity index (χ4n) is 1.28. The highest BCUT2D eigenvalue weighted by Gasteiger charge is 2.00. The second kappa shape index (κ2) is 4.24. The molecule has 1 heteroatoms. The molecule has 1 atom stereocenters. The Morgan fingerprint density at radius 1 is 1.42 bits per heavy atom. The lowest BCUT2D eigenvalue weighted by Crippen LogP contribution is -1.98. The van der Waals surface area contributed by atoms with Crippen molar-refractivity contribution in [1.82, 2.24) is 4.98 Å². The highest BCUT2D eigenvalue weighted by Crippen LogP contribution is 2.11. The van der Waals surface area contributed by atoms with Crippen LogP contribution < -0.4 is 0 Å². The Balaban J connectivity index is 2.63. The van der Waals surface area contributed by atoms with Crippen LogP contribution in [0.5, 0.6) is 0 Å². The number of hydrogen-bond acceptors (Lipinski definition) is 1. The molecule has 0 spiro atoms. The Kier molecular flexibility index (Phi) is 3.27. The van der Waals surface area contributed by atoms with E-state index in [4.69, 9.17) is 0 Å². The monoisotopic (exact) mass is 163 g/mol. The normalized spacial score (nSPS) is 12.9. The van der Waals surface area contributed by atoms with E-state index in [0.717, 1.165) is 12.3 Å². The maximum absolute atomic E-state index is 4.17. The summed E-state index contributed by atoms with van der Waals surface area (Å²) >= 11 is 0. The molecule has 0 aliphatic heterocycles. The Labute approximate surface area is 74.8 Å². The first-order valence-electron chi connectivity index (χ1n) is 4.63. The highest BCUT2D eigenvalue weighted by molar-refractivity contribution is 5.16. The van der Waals surface area contributed by atoms with Gasteiger partial charge in [-0.1, -0.05) is 26.3 Å². The minimum Gasteiger partial charge on any atom is -0.264 e. The fraction of sp³-hybridized carbons (Fsp3) is 0.545. The van der Waals surface area contributed by atoms with Crippen LogP contribution in [0.3, 0.4) is 0 Å². The fourth-order valence-corrected chi connectivity index (χ4v) is 1.28. The largest absolute Gasteiger partial charge is 0.264 e. The number of rotatable bonds is 3. The van der Waals surface area contributed by atoms with Crippen molar-refractivity contribution in [3.8, 4) is 0 Å². The van der Waals surface area contributed by atoms with Crippen LogP contribution in [0.1, 0.15) is 31.4 Å². The summed E-state index contributed by atoms with van der Waals surface area (Å²) in [7, 11) is 0. The molecule has 0 aliphatic rings. The number of aromatic nitrogens is 1. The molecule has 1 unspecified atom stereocenters. The summed E-state index contributed by atoms with van der Waals surface area (Å²) in [5, 5.41) is 0. The summed E-state index contributed by atoms with van der Waals surface area (Å²) in [4.78, 5) is 4.17. The van der Waals surface area contributed by atoms with Crippen molar-refractivity contribution in [1.29, 1.82) is 0 Å². The second-order valence-electron chi connectivity index (χ2n) is 3.59. The maximum Gasteiger partial charge on any atom is 0.0300 e. The van der Waals surface area contributed by atoms with E-state index < -0.39 is 0 Å². The Bertz CT molecular complexity index is 243. The van der Waals surface area contributed by atoms with Crippen LogP contribution in [0.4, 0.5) is 0 Å². The van der Waals surface area contributed by atoms with Gasteiger partial charge in [-0.25, -0.2) is 0 Å². The first-order valence-corrected chi connectivity index (χ1v) is 4.63. The van der Waals surface area contributed by atoms with Crippen molar-refractivity contribution in [3.63, 3.8) is 0 Å². The van der Waals surface area contributed by atoms with Crippen molar-refractivity contribution < 1.29 is 0 Å². The van der Waals surface area contributed by atoms with Gasteiger partial charge in [0.25, 0.3) is 0 Å². The molecule has 1 rings (SSSR count). The molecule has 0 saturated heterocycles. The molecule has 1 aromatic rings. The average Bonchev–Trinajstić information content (AvgIpc) is 2.04. The molecule has 1 aromatic heterocycles. The lowest BCUT2D eigenvalue weighted by molar-refractivity contribution is 0.559. The molecule has 1 heterocycles. The van der Waals surface area contributed by atoms with Gasteiger partial charge in [-0.2, -0.15) is 0 Å². The smallest absolute Gasteiger partial charge is 0.0300 e. The van der Waals surface area contributed by atoms with Crippen LogP contribution in [-0.4, -0.2) is 4.98 Å². The van der Waals surface area contributed by atoms with E-state index in [1.165, 1.54) is 17.5 Å². The van der Waals surface area contributed by atoms with Crippen LogP contribution in [0.15, 0.2) is 18.5 Å². The topological polar surface area (TPSA) is 12.9 Å². The molecule has 0 saturated carbocycles. The summed E-state index contributed by atoms with van der Waals surface area (Å²) < 4.78 is 0. The van der Waals surface area contributed by atoms with Crippen molar-refractivity contribution in [2.75, 3.05) is 0 Å². The molecule has 1 nitrogen and oxygen atoms in total. The molecule has 0 bridgehead atoms. The summed E-state index contributed by atoms with van der Waals surface area (Å²) in [5.41, 5.74) is 2.63. The second-order valence-corrected chi connectivity index (χ2v) is 3.59. The van der Waals surface area contributed by atoms with Crippen LogP contribution in [-0.2, 0) is 6.42 Å². The van der Waals surface area contributed by atoms with Crippen molar-refractivity contribution >= 4 is 0 Å². The van der Waals surface area contributed by atoms with Crippen molar-refractivity contribution in [2.24, 2.45) is 5.92 Å². The maximum atomic E-state index is 4.17. The van der Waals surface area contributed by atoms with Crippen LogP contribution >= 0.6 is 0 Å². The zero-order valence-electron chi connectivity index (χ0n) is 8.17. The predicted molar refractivity (Wildman–Crippen MR) is 52.1 cm³/mol. The Morgan fingerprint density at radius 3 is 2.75 bits per heavy atom. The molecular weight excluding hydrogens is 146 g/mol. The van der Waals surface area contributed by atoms with E-state index in [1.54, 1.807) is 0 Å². The molecule has 0 N–H and O–H groups in total. The molecule has 0 fully saturated rings. The van der Waals surface area contributed by atoms with Gasteiger partial charge in [0.1, 0.15) is 0 Å². The molecule has 12 heavy (non-hydrogen) atoms. The quantitative estimate of drug-likeness (QED) is 0.667. The average molecular weight is 163 g/mol. The van der Waals surface area contributed by atoms with Gasteiger partial charge in [-0.15, -0.1) is 0 Å². The predicted octanol–water partition coefficient (Wildman–Crippen LogP) is 2.98. The molecule has 66 valence electrons. The zero-order valence-corrected chi connectivity index (χ0v) is 8.17. The Hall–Kier alpha value is -0.850. The molecule has 0 amide bonds. The number of hydrogen-bond donors (Lipinski definition) is 0. The van der Waals surface area contributed by atoms with Gasteiger partial charge in [-0.05, 0) is 30.4 Å². The summed E-state index contributed by atoms with van der Waals surface area (Å²) in [6.07, 6.45) is 6.28. The van der Waals surface area contributed by atoms with E-state index >= 15 is 0 Å². The van der Waals surface area contributed by atoms with Gasteiger partial charge < -0.3 is 0 Å². The van der Waals surface area contributed by atoms with E-state index in [2.05, 4.69) is 31.8 Å². The highest BCUT2D eigenvalue weighted by atomic mass is 14.6. The lowest BCUT2D eigenvalue weighted by Gasteiger charge is -2.07. The van der Waals surface area contributed by atoms with E-state index in [1.807, 2.05) is 12.4 Å². The summed E-state index contributed by atoms with van der Waals surface area (Å²) in [5.74, 6) is 0.772. The Morgan fingerprint density at radius 2 is 2.17 bits per heavy atom. The molecular formula is C11H17N. The van der Waals surface area contributed by atoms with E-state index in [0.29, 0.717) is 0 Å². The minimum absolute atomic E-state index is 0.772.